The highest BCUT2D eigenvalue weighted by Gasteiger charge is 2.22. The first kappa shape index (κ1) is 14.6. The number of rotatable bonds is 5. The van der Waals surface area contributed by atoms with Gasteiger partial charge in [0, 0.05) is 17.5 Å². The van der Waals surface area contributed by atoms with Crippen molar-refractivity contribution in [1.82, 2.24) is 5.32 Å². The van der Waals surface area contributed by atoms with Crippen LogP contribution in [0.1, 0.15) is 35.6 Å². The Bertz CT molecular complexity index is 551. The van der Waals surface area contributed by atoms with Crippen LogP contribution >= 0.6 is 0 Å². The normalized spacial score (nSPS) is 13.8. The quantitative estimate of drug-likeness (QED) is 0.883. The summed E-state index contributed by atoms with van der Waals surface area (Å²) in [6.07, 6.45) is 0. The van der Waals surface area contributed by atoms with Crippen molar-refractivity contribution >= 4 is 0 Å². The van der Waals surface area contributed by atoms with Crippen LogP contribution in [-0.4, -0.2) is 14.2 Å². The molecule has 2 aromatic rings. The lowest BCUT2D eigenvalue weighted by Crippen LogP contribution is -2.23. The Kier molecular flexibility index (Phi) is 4.80. The molecule has 106 valence electrons. The van der Waals surface area contributed by atoms with E-state index in [-0.39, 0.29) is 6.04 Å². The Hall–Kier alpha value is -1.80. The van der Waals surface area contributed by atoms with E-state index >= 15 is 0 Å². The number of likely N-dealkylation sites (N-methyl/N-ethyl adjacent to an activating group) is 1. The largest absolute Gasteiger partial charge is 0.496 e. The van der Waals surface area contributed by atoms with Gasteiger partial charge < -0.3 is 10.1 Å². The molecule has 0 bridgehead atoms. The van der Waals surface area contributed by atoms with Crippen LogP contribution in [0.4, 0.5) is 0 Å². The average Bonchev–Trinajstić information content (AvgIpc) is 2.49. The topological polar surface area (TPSA) is 21.3 Å². The van der Waals surface area contributed by atoms with Gasteiger partial charge in [0.15, 0.2) is 0 Å². The van der Waals surface area contributed by atoms with E-state index in [4.69, 9.17) is 4.74 Å². The highest BCUT2D eigenvalue weighted by atomic mass is 16.5. The fourth-order valence-corrected chi connectivity index (χ4v) is 2.72. The highest BCUT2D eigenvalue weighted by molar-refractivity contribution is 5.41. The molecule has 2 heteroatoms. The van der Waals surface area contributed by atoms with Gasteiger partial charge in [0.25, 0.3) is 0 Å². The van der Waals surface area contributed by atoms with Gasteiger partial charge in [-0.25, -0.2) is 0 Å². The second-order valence-electron chi connectivity index (χ2n) is 5.21. The second-order valence-corrected chi connectivity index (χ2v) is 5.21. The molecule has 0 aromatic heterocycles. The minimum absolute atomic E-state index is 0.229. The van der Waals surface area contributed by atoms with E-state index in [1.165, 1.54) is 16.7 Å². The molecule has 2 atom stereocenters. The average molecular weight is 269 g/mol. The predicted octanol–water partition coefficient (Wildman–Crippen LogP) is 4.07. The third-order valence-electron chi connectivity index (χ3n) is 3.86. The molecule has 2 nitrogen and oxygen atoms in total. The molecule has 0 amide bonds. The maximum Gasteiger partial charge on any atom is 0.123 e. The van der Waals surface area contributed by atoms with Gasteiger partial charge >= 0.3 is 0 Å². The molecular weight excluding hydrogens is 246 g/mol. The van der Waals surface area contributed by atoms with Gasteiger partial charge in [0.2, 0.25) is 0 Å². The number of benzene rings is 2. The van der Waals surface area contributed by atoms with Gasteiger partial charge in [0.1, 0.15) is 5.75 Å². The number of nitrogens with one attached hydrogen (secondary N) is 1. The Morgan fingerprint density at radius 2 is 1.75 bits per heavy atom. The summed E-state index contributed by atoms with van der Waals surface area (Å²) in [4.78, 5) is 0. The van der Waals surface area contributed by atoms with Crippen LogP contribution in [0.25, 0.3) is 0 Å². The summed E-state index contributed by atoms with van der Waals surface area (Å²) in [5.74, 6) is 1.31. The maximum absolute atomic E-state index is 5.53. The summed E-state index contributed by atoms with van der Waals surface area (Å²) in [6.45, 7) is 4.36. The monoisotopic (exact) mass is 269 g/mol. The van der Waals surface area contributed by atoms with E-state index in [0.717, 1.165) is 5.75 Å². The molecule has 0 saturated carbocycles. The first-order valence-corrected chi connectivity index (χ1v) is 7.04. The van der Waals surface area contributed by atoms with Crippen molar-refractivity contribution in [3.8, 4) is 5.75 Å². The lowest BCUT2D eigenvalue weighted by atomic mass is 9.87. The molecule has 2 rings (SSSR count). The summed E-state index contributed by atoms with van der Waals surface area (Å²) in [5.41, 5.74) is 3.79. The van der Waals surface area contributed by atoms with Gasteiger partial charge in [0.05, 0.1) is 7.11 Å². The number of hydrogen-bond acceptors (Lipinski definition) is 2. The molecule has 2 aromatic carbocycles. The van der Waals surface area contributed by atoms with E-state index in [2.05, 4.69) is 61.6 Å². The third kappa shape index (κ3) is 3.02. The Balaban J connectivity index is 2.40. The molecule has 0 fully saturated rings. The zero-order valence-electron chi connectivity index (χ0n) is 12.7. The van der Waals surface area contributed by atoms with Gasteiger partial charge in [-0.1, -0.05) is 55.0 Å². The molecule has 20 heavy (non-hydrogen) atoms. The van der Waals surface area contributed by atoms with Crippen molar-refractivity contribution in [2.45, 2.75) is 25.8 Å². The second kappa shape index (κ2) is 6.58. The zero-order chi connectivity index (χ0) is 14.5. The molecule has 0 aliphatic carbocycles. The van der Waals surface area contributed by atoms with Crippen molar-refractivity contribution < 1.29 is 4.74 Å². The van der Waals surface area contributed by atoms with Crippen LogP contribution in [0.3, 0.4) is 0 Å². The molecule has 0 radical (unpaired) electrons. The molecule has 0 spiro atoms. The fraction of sp³-hybridized carbons (Fsp3) is 0.333. The summed E-state index contributed by atoms with van der Waals surface area (Å²) in [7, 11) is 3.74. The first-order chi connectivity index (χ1) is 9.67. The predicted molar refractivity (Wildman–Crippen MR) is 84.4 cm³/mol. The van der Waals surface area contributed by atoms with Crippen molar-refractivity contribution in [3.05, 3.63) is 65.2 Å². The lowest BCUT2D eigenvalue weighted by Gasteiger charge is -2.26. The number of aryl methyl sites for hydroxylation is 1. The van der Waals surface area contributed by atoms with E-state index in [0.29, 0.717) is 5.92 Å². The maximum atomic E-state index is 5.53. The molecule has 0 aliphatic rings. The molecule has 0 saturated heterocycles. The van der Waals surface area contributed by atoms with Crippen molar-refractivity contribution in [2.24, 2.45) is 0 Å². The Labute approximate surface area is 121 Å². The van der Waals surface area contributed by atoms with E-state index in [1.54, 1.807) is 7.11 Å². The Morgan fingerprint density at radius 1 is 1.05 bits per heavy atom. The van der Waals surface area contributed by atoms with Crippen LogP contribution in [0, 0.1) is 6.92 Å². The summed E-state index contributed by atoms with van der Waals surface area (Å²) < 4.78 is 5.53. The fourth-order valence-electron chi connectivity index (χ4n) is 2.72. The van der Waals surface area contributed by atoms with Crippen LogP contribution in [0.2, 0.25) is 0 Å². The SMILES string of the molecule is CNC(c1cc(C)ccc1OC)C(C)c1ccccc1. The van der Waals surface area contributed by atoms with E-state index in [1.807, 2.05) is 13.1 Å². The van der Waals surface area contributed by atoms with Gasteiger partial charge in [-0.3, -0.25) is 0 Å². The first-order valence-electron chi connectivity index (χ1n) is 7.04. The van der Waals surface area contributed by atoms with Crippen LogP contribution in [0.15, 0.2) is 48.5 Å². The lowest BCUT2D eigenvalue weighted by molar-refractivity contribution is 0.394. The standard InChI is InChI=1S/C18H23NO/c1-13-10-11-17(20-4)16(12-13)18(19-3)14(2)15-8-6-5-7-9-15/h5-12,14,18-19H,1-4H3. The van der Waals surface area contributed by atoms with Crippen LogP contribution in [0.5, 0.6) is 5.75 Å². The summed E-state index contributed by atoms with van der Waals surface area (Å²) >= 11 is 0. The molecule has 0 heterocycles. The highest BCUT2D eigenvalue weighted by Crippen LogP contribution is 2.35. The molecule has 2 unspecified atom stereocenters. The smallest absolute Gasteiger partial charge is 0.123 e. The van der Waals surface area contributed by atoms with E-state index in [9.17, 15) is 0 Å². The zero-order valence-corrected chi connectivity index (χ0v) is 12.7. The number of hydrogen-bond donors (Lipinski definition) is 1. The van der Waals surface area contributed by atoms with Crippen molar-refractivity contribution in [3.63, 3.8) is 0 Å². The minimum atomic E-state index is 0.229. The third-order valence-corrected chi connectivity index (χ3v) is 3.86. The van der Waals surface area contributed by atoms with Crippen LogP contribution in [-0.2, 0) is 0 Å². The van der Waals surface area contributed by atoms with Gasteiger partial charge in [-0.05, 0) is 25.6 Å². The van der Waals surface area contributed by atoms with Crippen molar-refractivity contribution in [1.29, 1.82) is 0 Å². The minimum Gasteiger partial charge on any atom is -0.496 e. The number of methoxy groups -OCH3 is 1. The molecule has 1 N–H and O–H groups in total. The van der Waals surface area contributed by atoms with Gasteiger partial charge in [-0.2, -0.15) is 0 Å². The summed E-state index contributed by atoms with van der Waals surface area (Å²) in [5, 5.41) is 3.44. The van der Waals surface area contributed by atoms with Crippen LogP contribution < -0.4 is 10.1 Å². The summed E-state index contributed by atoms with van der Waals surface area (Å²) in [6, 6.07) is 17.2. The number of ether oxygens (including phenoxy) is 1. The molecule has 0 aliphatic heterocycles. The van der Waals surface area contributed by atoms with Gasteiger partial charge in [-0.15, -0.1) is 0 Å². The van der Waals surface area contributed by atoms with Crippen molar-refractivity contribution in [2.75, 3.05) is 14.2 Å². The van der Waals surface area contributed by atoms with E-state index < -0.39 is 0 Å². The molecular formula is C18H23NO. The Morgan fingerprint density at radius 3 is 2.35 bits per heavy atom.